The molecule has 0 radical (unpaired) electrons. The van der Waals surface area contributed by atoms with Crippen LogP contribution < -0.4 is 10.1 Å². The third-order valence-electron chi connectivity index (χ3n) is 2.71. The molecule has 1 aromatic rings. The van der Waals surface area contributed by atoms with Gasteiger partial charge in [0.1, 0.15) is 5.75 Å². The molecule has 0 spiro atoms. The molecule has 0 aliphatic heterocycles. The van der Waals surface area contributed by atoms with Gasteiger partial charge in [0.2, 0.25) is 5.91 Å². The smallest absolute Gasteiger partial charge is 0.387 e. The molecule has 0 saturated carbocycles. The van der Waals surface area contributed by atoms with Gasteiger partial charge in [-0.2, -0.15) is 8.78 Å². The Labute approximate surface area is 131 Å². The Hall–Kier alpha value is -2.71. The largest absolute Gasteiger partial charge is 0.452 e. The maximum atomic E-state index is 12.1. The van der Waals surface area contributed by atoms with E-state index in [4.69, 9.17) is 4.74 Å². The van der Waals surface area contributed by atoms with Crippen LogP contribution in [0.1, 0.15) is 10.4 Å². The van der Waals surface area contributed by atoms with Crippen LogP contribution >= 0.6 is 0 Å². The number of alkyl halides is 2. The number of halogens is 2. The number of hydrogen-bond acceptors (Lipinski definition) is 5. The number of nitrogens with zero attached hydrogens (tertiary/aromatic N) is 1. The summed E-state index contributed by atoms with van der Waals surface area (Å²) < 4.78 is 33.2. The zero-order valence-corrected chi connectivity index (χ0v) is 12.5. The molecule has 0 bridgehead atoms. The second kappa shape index (κ2) is 8.66. The van der Waals surface area contributed by atoms with Gasteiger partial charge in [-0.3, -0.25) is 9.59 Å². The van der Waals surface area contributed by atoms with Crippen LogP contribution in [0, 0.1) is 0 Å². The van der Waals surface area contributed by atoms with Gasteiger partial charge in [-0.15, -0.1) is 0 Å². The van der Waals surface area contributed by atoms with Crippen molar-refractivity contribution in [3.05, 3.63) is 29.8 Å². The molecule has 2 amide bonds. The average Bonchev–Trinajstić information content (AvgIpc) is 2.51. The Balaban J connectivity index is 2.56. The third kappa shape index (κ3) is 6.29. The summed E-state index contributed by atoms with van der Waals surface area (Å²) in [5.41, 5.74) is -0.0371. The number of carbonyl (C=O) groups is 3. The van der Waals surface area contributed by atoms with Gasteiger partial charge in [-0.1, -0.05) is 6.07 Å². The van der Waals surface area contributed by atoms with Crippen molar-refractivity contribution in [2.45, 2.75) is 6.61 Å². The molecule has 0 saturated heterocycles. The van der Waals surface area contributed by atoms with Crippen molar-refractivity contribution >= 4 is 17.8 Å². The van der Waals surface area contributed by atoms with E-state index in [1.54, 1.807) is 0 Å². The molecule has 9 heteroatoms. The van der Waals surface area contributed by atoms with Crippen LogP contribution in [0.2, 0.25) is 0 Å². The fraction of sp³-hybridized carbons (Fsp3) is 0.357. The van der Waals surface area contributed by atoms with Gasteiger partial charge in [0.05, 0.1) is 12.1 Å². The van der Waals surface area contributed by atoms with Crippen molar-refractivity contribution in [3.63, 3.8) is 0 Å². The number of likely N-dealkylation sites (N-methyl/N-ethyl adjacent to an activating group) is 2. The maximum Gasteiger partial charge on any atom is 0.387 e. The minimum atomic E-state index is -3.01. The van der Waals surface area contributed by atoms with E-state index in [9.17, 15) is 23.2 Å². The van der Waals surface area contributed by atoms with E-state index in [1.165, 1.54) is 32.3 Å². The van der Waals surface area contributed by atoms with Crippen molar-refractivity contribution in [1.82, 2.24) is 10.2 Å². The predicted octanol–water partition coefficient (Wildman–Crippen LogP) is 0.649. The highest BCUT2D eigenvalue weighted by Crippen LogP contribution is 2.16. The number of nitrogens with one attached hydrogen (secondary N) is 1. The summed E-state index contributed by atoms with van der Waals surface area (Å²) in [6, 6.07) is 5.01. The number of benzene rings is 1. The van der Waals surface area contributed by atoms with E-state index >= 15 is 0 Å². The summed E-state index contributed by atoms with van der Waals surface area (Å²) in [6.07, 6.45) is 0. The number of esters is 1. The zero-order chi connectivity index (χ0) is 17.4. The van der Waals surface area contributed by atoms with Gasteiger partial charge in [-0.25, -0.2) is 4.79 Å². The van der Waals surface area contributed by atoms with Crippen molar-refractivity contribution in [2.24, 2.45) is 0 Å². The van der Waals surface area contributed by atoms with E-state index in [-0.39, 0.29) is 23.8 Å². The Morgan fingerprint density at radius 3 is 2.61 bits per heavy atom. The van der Waals surface area contributed by atoms with E-state index in [1.807, 2.05) is 0 Å². The lowest BCUT2D eigenvalue weighted by Gasteiger charge is -2.16. The minimum Gasteiger partial charge on any atom is -0.452 e. The Bertz CT molecular complexity index is 580. The number of carbonyl (C=O) groups excluding carboxylic acids is 3. The predicted molar refractivity (Wildman–Crippen MR) is 75.1 cm³/mol. The van der Waals surface area contributed by atoms with E-state index in [0.717, 1.165) is 11.0 Å². The highest BCUT2D eigenvalue weighted by Gasteiger charge is 2.16. The summed E-state index contributed by atoms with van der Waals surface area (Å²) in [6.45, 7) is -3.77. The van der Waals surface area contributed by atoms with Gasteiger partial charge in [0.15, 0.2) is 6.61 Å². The molecule has 1 rings (SSSR count). The number of rotatable bonds is 7. The summed E-state index contributed by atoms with van der Waals surface area (Å²) in [7, 11) is 2.80. The van der Waals surface area contributed by atoms with Crippen LogP contribution in [0.4, 0.5) is 8.78 Å². The molecule has 0 atom stereocenters. The fourth-order valence-corrected chi connectivity index (χ4v) is 1.50. The summed E-state index contributed by atoms with van der Waals surface area (Å²) in [5.74, 6) is -2.02. The lowest BCUT2D eigenvalue weighted by Crippen LogP contribution is -2.39. The highest BCUT2D eigenvalue weighted by molar-refractivity contribution is 5.92. The van der Waals surface area contributed by atoms with Gasteiger partial charge >= 0.3 is 12.6 Å². The second-order valence-electron chi connectivity index (χ2n) is 4.41. The van der Waals surface area contributed by atoms with Crippen LogP contribution in [0.5, 0.6) is 5.75 Å². The molecular formula is C14H16F2N2O5. The van der Waals surface area contributed by atoms with Gasteiger partial charge in [0, 0.05) is 14.1 Å². The summed E-state index contributed by atoms with van der Waals surface area (Å²) >= 11 is 0. The monoisotopic (exact) mass is 330 g/mol. The zero-order valence-electron chi connectivity index (χ0n) is 12.5. The molecule has 1 aromatic carbocycles. The number of hydrogen-bond donors (Lipinski definition) is 1. The topological polar surface area (TPSA) is 84.9 Å². The van der Waals surface area contributed by atoms with Crippen molar-refractivity contribution in [1.29, 1.82) is 0 Å². The molecular weight excluding hydrogens is 314 g/mol. The first-order valence-corrected chi connectivity index (χ1v) is 6.50. The lowest BCUT2D eigenvalue weighted by atomic mass is 10.2. The van der Waals surface area contributed by atoms with E-state index in [0.29, 0.717) is 0 Å². The molecule has 0 aliphatic carbocycles. The maximum absolute atomic E-state index is 12.1. The molecule has 0 unspecified atom stereocenters. The van der Waals surface area contributed by atoms with Gasteiger partial charge in [-0.05, 0) is 18.2 Å². The molecule has 7 nitrogen and oxygen atoms in total. The van der Waals surface area contributed by atoms with Gasteiger partial charge < -0.3 is 19.7 Å². The van der Waals surface area contributed by atoms with Crippen LogP contribution in [-0.2, 0) is 14.3 Å². The van der Waals surface area contributed by atoms with E-state index in [2.05, 4.69) is 10.1 Å². The van der Waals surface area contributed by atoms with Crippen LogP contribution in [-0.4, -0.2) is 56.5 Å². The lowest BCUT2D eigenvalue weighted by molar-refractivity contribution is -0.137. The average molecular weight is 330 g/mol. The Kier molecular flexibility index (Phi) is 6.91. The quantitative estimate of drug-likeness (QED) is 0.742. The number of ether oxygens (including phenoxy) is 2. The first kappa shape index (κ1) is 18.3. The molecule has 1 N–H and O–H groups in total. The second-order valence-corrected chi connectivity index (χ2v) is 4.41. The molecule has 0 heterocycles. The van der Waals surface area contributed by atoms with Crippen molar-refractivity contribution in [3.8, 4) is 5.75 Å². The van der Waals surface area contributed by atoms with Crippen molar-refractivity contribution < 1.29 is 32.6 Å². The number of amides is 2. The molecule has 0 fully saturated rings. The molecule has 0 aromatic heterocycles. The van der Waals surface area contributed by atoms with Crippen LogP contribution in [0.25, 0.3) is 0 Å². The Morgan fingerprint density at radius 2 is 2.00 bits per heavy atom. The fourth-order valence-electron chi connectivity index (χ4n) is 1.50. The summed E-state index contributed by atoms with van der Waals surface area (Å²) in [4.78, 5) is 35.7. The summed E-state index contributed by atoms with van der Waals surface area (Å²) in [5, 5.41) is 2.35. The molecule has 23 heavy (non-hydrogen) atoms. The van der Waals surface area contributed by atoms with Crippen LogP contribution in [0.15, 0.2) is 24.3 Å². The Morgan fingerprint density at radius 1 is 1.30 bits per heavy atom. The van der Waals surface area contributed by atoms with Crippen molar-refractivity contribution in [2.75, 3.05) is 27.2 Å². The third-order valence-corrected chi connectivity index (χ3v) is 2.71. The molecule has 126 valence electrons. The minimum absolute atomic E-state index is 0.0371. The normalized spacial score (nSPS) is 10.1. The first-order valence-electron chi connectivity index (χ1n) is 6.50. The molecule has 0 aliphatic rings. The van der Waals surface area contributed by atoms with E-state index < -0.39 is 25.1 Å². The van der Waals surface area contributed by atoms with Gasteiger partial charge in [0.25, 0.3) is 5.91 Å². The highest BCUT2D eigenvalue weighted by atomic mass is 19.3. The first-order chi connectivity index (χ1) is 10.8. The standard InChI is InChI=1S/C14H16F2N2O5/c1-17-11(19)7-18(2)12(20)8-22-13(21)9-4-3-5-10(6-9)23-14(15)16/h3-6,14H,7-8H2,1-2H3,(H,17,19). The SMILES string of the molecule is CNC(=O)CN(C)C(=O)COC(=O)c1cccc(OC(F)F)c1. The van der Waals surface area contributed by atoms with Crippen LogP contribution in [0.3, 0.4) is 0 Å².